The Kier molecular flexibility index (Phi) is 57.2. The monoisotopic (exact) mass is 696 g/mol. The van der Waals surface area contributed by atoms with Crippen molar-refractivity contribution in [2.24, 2.45) is 11.8 Å². The fourth-order valence-electron chi connectivity index (χ4n) is 2.70. The predicted molar refractivity (Wildman–Crippen MR) is 178 cm³/mol. The Morgan fingerprint density at radius 1 is 0.615 bits per heavy atom. The van der Waals surface area contributed by atoms with Gasteiger partial charge in [-0.15, -0.1) is 0 Å². The van der Waals surface area contributed by atoms with Crippen LogP contribution in [0.3, 0.4) is 0 Å². The molecule has 0 aromatic rings. The van der Waals surface area contributed by atoms with E-state index in [-0.39, 0.29) is 35.8 Å². The van der Waals surface area contributed by atoms with E-state index < -0.39 is 0 Å². The van der Waals surface area contributed by atoms with Crippen LogP contribution in [-0.4, -0.2) is 60.6 Å². The van der Waals surface area contributed by atoms with Crippen LogP contribution in [0.1, 0.15) is 144 Å². The minimum atomic E-state index is -0.146. The molecule has 0 spiro atoms. The summed E-state index contributed by atoms with van der Waals surface area (Å²) in [6, 6.07) is 0. The Bertz CT molecular complexity index is 406. The maximum absolute atomic E-state index is 10.9. The number of unbranched alkanes of at least 4 members (excludes halogenated alkanes) is 8. The smallest absolute Gasteiger partial charge is 0.792 e. The number of carbonyl (C=O) groups is 2. The molecule has 232 valence electrons. The fraction of sp³-hybridized carbons (Fsp3) is 0.875. The van der Waals surface area contributed by atoms with E-state index in [1.165, 1.54) is 51.4 Å². The molecule has 0 saturated carbocycles. The molecule has 0 rings (SSSR count). The number of esters is 2. The standard InChI is InChI=1S/2C12H24O2S.2C4H9.Sn/c2*1-11(2)7-5-3-4-6-9-14-12(13)8-10-15;2*1-3-4-2;/h2*11,15H,3-10H2,1-2H3;2*1,3-4H2,2H3;/q;;;;+2/p-2. The molecule has 39 heavy (non-hydrogen) atoms. The summed E-state index contributed by atoms with van der Waals surface area (Å²) >= 11 is 9.38. The topological polar surface area (TPSA) is 52.6 Å². The third-order valence-corrected chi connectivity index (χ3v) is 5.61. The molecule has 0 amide bonds. The van der Waals surface area contributed by atoms with Gasteiger partial charge in [-0.3, -0.25) is 9.59 Å². The first-order valence-electron chi connectivity index (χ1n) is 15.2. The van der Waals surface area contributed by atoms with Gasteiger partial charge in [0.1, 0.15) is 0 Å². The molecule has 0 saturated heterocycles. The van der Waals surface area contributed by atoms with Gasteiger partial charge in [-0.25, -0.2) is 0 Å². The minimum Gasteiger partial charge on any atom is -0.792 e. The average molecular weight is 696 g/mol. The third kappa shape index (κ3) is 63.1. The molecular formula is C32H64O4S2Sn. The maximum atomic E-state index is 10.9. The van der Waals surface area contributed by atoms with Gasteiger partial charge in [0.15, 0.2) is 0 Å². The molecule has 0 aliphatic heterocycles. The molecule has 0 bridgehead atoms. The number of hydrogen-bond donors (Lipinski definition) is 0. The zero-order valence-electron chi connectivity index (χ0n) is 26.7. The summed E-state index contributed by atoms with van der Waals surface area (Å²) in [4.78, 5) is 21.9. The summed E-state index contributed by atoms with van der Waals surface area (Å²) in [6.45, 7) is 21.6. The summed E-state index contributed by atoms with van der Waals surface area (Å²) in [5.41, 5.74) is 0. The van der Waals surface area contributed by atoms with Gasteiger partial charge < -0.3 is 34.7 Å². The Morgan fingerprint density at radius 2 is 0.897 bits per heavy atom. The molecule has 0 unspecified atom stereocenters. The molecule has 0 aliphatic rings. The van der Waals surface area contributed by atoms with E-state index in [1.807, 2.05) is 0 Å². The number of hydrogen-bond acceptors (Lipinski definition) is 6. The summed E-state index contributed by atoms with van der Waals surface area (Å²) in [6.07, 6.45) is 17.3. The minimum absolute atomic E-state index is 0. The number of carbonyl (C=O) groups excluding carboxylic acids is 2. The van der Waals surface area contributed by atoms with Gasteiger partial charge >= 0.3 is 35.8 Å². The van der Waals surface area contributed by atoms with E-state index in [9.17, 15) is 9.59 Å². The van der Waals surface area contributed by atoms with Crippen molar-refractivity contribution in [1.29, 1.82) is 0 Å². The van der Waals surface area contributed by atoms with Crippen molar-refractivity contribution < 1.29 is 19.1 Å². The van der Waals surface area contributed by atoms with Gasteiger partial charge in [-0.1, -0.05) is 132 Å². The molecule has 7 heteroatoms. The van der Waals surface area contributed by atoms with Gasteiger partial charge in [0, 0.05) is 12.8 Å². The second-order valence-electron chi connectivity index (χ2n) is 10.2. The van der Waals surface area contributed by atoms with Gasteiger partial charge in [-0.05, 0) is 24.7 Å². The molecule has 0 aliphatic carbocycles. The first-order chi connectivity index (χ1) is 18.2. The molecule has 4 radical (unpaired) electrons. The van der Waals surface area contributed by atoms with Crippen LogP contribution in [0.2, 0.25) is 0 Å². The maximum Gasteiger partial charge on any atom is 2.00 e. The van der Waals surface area contributed by atoms with Crippen LogP contribution in [0, 0.1) is 25.7 Å². The molecule has 0 atom stereocenters. The molecule has 0 heterocycles. The van der Waals surface area contributed by atoms with Crippen molar-refractivity contribution in [3.63, 3.8) is 0 Å². The summed E-state index contributed by atoms with van der Waals surface area (Å²) in [5.74, 6) is 2.24. The number of ether oxygens (including phenoxy) is 2. The van der Waals surface area contributed by atoms with E-state index in [0.717, 1.165) is 50.4 Å². The Morgan fingerprint density at radius 3 is 1.13 bits per heavy atom. The van der Waals surface area contributed by atoms with Crippen LogP contribution in [0.4, 0.5) is 0 Å². The SMILES string of the molecule is CC(C)CCCCCCOC(=O)CC[S-].CC(C)CCCCCCOC(=O)CC[S-].[CH2]CCC.[CH2]CCC.[Sn+2]. The van der Waals surface area contributed by atoms with Crippen molar-refractivity contribution in [2.45, 2.75) is 144 Å². The van der Waals surface area contributed by atoms with Gasteiger partial charge in [0.25, 0.3) is 0 Å². The van der Waals surface area contributed by atoms with Crippen LogP contribution in [0.15, 0.2) is 0 Å². The quantitative estimate of drug-likeness (QED) is 0.0549. The van der Waals surface area contributed by atoms with E-state index in [2.05, 4.69) is 80.6 Å². The van der Waals surface area contributed by atoms with Crippen molar-refractivity contribution >= 4 is 61.1 Å². The van der Waals surface area contributed by atoms with Gasteiger partial charge in [0.05, 0.1) is 13.2 Å². The van der Waals surface area contributed by atoms with Crippen LogP contribution >= 0.6 is 0 Å². The largest absolute Gasteiger partial charge is 2.00 e. The van der Waals surface area contributed by atoms with E-state index in [1.54, 1.807) is 0 Å². The molecule has 0 N–H and O–H groups in total. The van der Waals surface area contributed by atoms with Crippen LogP contribution in [-0.2, 0) is 44.3 Å². The summed E-state index contributed by atoms with van der Waals surface area (Å²) in [7, 11) is 0. The Hall–Kier alpha value is 0.439. The Balaban J connectivity index is -0.000000152. The van der Waals surface area contributed by atoms with Crippen LogP contribution in [0.25, 0.3) is 0 Å². The Labute approximate surface area is 273 Å². The van der Waals surface area contributed by atoms with E-state index >= 15 is 0 Å². The van der Waals surface area contributed by atoms with Crippen molar-refractivity contribution in [2.75, 3.05) is 24.7 Å². The van der Waals surface area contributed by atoms with Crippen molar-refractivity contribution in [1.82, 2.24) is 0 Å². The molecule has 4 nitrogen and oxygen atoms in total. The van der Waals surface area contributed by atoms with E-state index in [0.29, 0.717) is 37.6 Å². The van der Waals surface area contributed by atoms with Crippen molar-refractivity contribution in [3.8, 4) is 0 Å². The molecule has 0 aromatic heterocycles. The van der Waals surface area contributed by atoms with Crippen LogP contribution < -0.4 is 0 Å². The van der Waals surface area contributed by atoms with Crippen molar-refractivity contribution in [3.05, 3.63) is 13.8 Å². The summed E-state index contributed by atoms with van der Waals surface area (Å²) in [5, 5.41) is 0. The van der Waals surface area contributed by atoms with E-state index in [4.69, 9.17) is 9.47 Å². The first kappa shape index (κ1) is 49.1. The molecule has 0 aromatic carbocycles. The number of rotatable bonds is 20. The van der Waals surface area contributed by atoms with Gasteiger partial charge in [-0.2, -0.15) is 11.5 Å². The third-order valence-electron chi connectivity index (χ3n) is 5.20. The second-order valence-corrected chi connectivity index (χ2v) is 11.1. The predicted octanol–water partition coefficient (Wildman–Crippen LogP) is 9.01. The van der Waals surface area contributed by atoms with Crippen LogP contribution in [0.5, 0.6) is 0 Å². The molecule has 0 fully saturated rings. The zero-order chi connectivity index (χ0) is 29.9. The molecular weight excluding hydrogens is 631 g/mol. The second kappa shape index (κ2) is 45.4. The fourth-order valence-corrected chi connectivity index (χ4v) is 3.03. The first-order valence-corrected chi connectivity index (χ1v) is 16.4. The average Bonchev–Trinajstić information content (AvgIpc) is 2.88. The van der Waals surface area contributed by atoms with Gasteiger partial charge in [0.2, 0.25) is 0 Å². The summed E-state index contributed by atoms with van der Waals surface area (Å²) < 4.78 is 10.0. The zero-order valence-corrected chi connectivity index (χ0v) is 31.1. The normalized spacial score (nSPS) is 9.74.